The van der Waals surface area contributed by atoms with Gasteiger partial charge in [-0.25, -0.2) is 0 Å². The minimum atomic E-state index is 0. The van der Waals surface area contributed by atoms with Crippen molar-refractivity contribution in [1.82, 2.24) is 19.9 Å². The number of rotatable bonds is 4. The van der Waals surface area contributed by atoms with E-state index in [0.29, 0.717) is 11.8 Å². The number of hydrogen-bond donors (Lipinski definition) is 0. The van der Waals surface area contributed by atoms with E-state index in [9.17, 15) is 0 Å². The molecule has 8 rings (SSSR count). The van der Waals surface area contributed by atoms with Crippen molar-refractivity contribution in [2.24, 2.45) is 0 Å². The molecule has 0 amide bonds. The molecule has 0 N–H and O–H groups in total. The molecule has 192 valence electrons. The Bertz CT molecular complexity index is 2030. The first-order valence-corrected chi connectivity index (χ1v) is 13.9. The summed E-state index contributed by atoms with van der Waals surface area (Å²) < 4.78 is 10.8. The minimum absolute atomic E-state index is 0. The normalized spacial score (nSPS) is 11.3. The van der Waals surface area contributed by atoms with Gasteiger partial charge in [-0.05, 0) is 55.8 Å². The molecule has 0 saturated carbocycles. The third-order valence-electron chi connectivity index (χ3n) is 6.62. The maximum atomic E-state index is 6.11. The summed E-state index contributed by atoms with van der Waals surface area (Å²) in [5.74, 6) is 0.949. The average molecular weight is 732 g/mol. The average Bonchev–Trinajstić information content (AvgIpc) is 3.55. The van der Waals surface area contributed by atoms with Crippen molar-refractivity contribution in [3.63, 3.8) is 0 Å². The largest absolute Gasteiger partial charge is 2.00 e. The molecule has 0 aliphatic rings. The summed E-state index contributed by atoms with van der Waals surface area (Å²) in [5, 5.41) is 4.75. The van der Waals surface area contributed by atoms with Gasteiger partial charge in [-0.15, -0.1) is 47.5 Å². The van der Waals surface area contributed by atoms with Gasteiger partial charge >= 0.3 is 21.1 Å². The third kappa shape index (κ3) is 4.37. The van der Waals surface area contributed by atoms with E-state index in [1.165, 1.54) is 30.9 Å². The van der Waals surface area contributed by atoms with Crippen molar-refractivity contribution in [3.8, 4) is 34.3 Å². The van der Waals surface area contributed by atoms with Gasteiger partial charge in [0.15, 0.2) is 0 Å². The van der Waals surface area contributed by atoms with Gasteiger partial charge in [0.05, 0.1) is 0 Å². The summed E-state index contributed by atoms with van der Waals surface area (Å²) in [5.41, 5.74) is 3.41. The van der Waals surface area contributed by atoms with E-state index in [2.05, 4.69) is 34.2 Å². The Kier molecular flexibility index (Phi) is 6.35. The fourth-order valence-corrected chi connectivity index (χ4v) is 6.97. The SMILES string of the molecule is [Pt+2].[c-]1cc2c(cc1-c1cccc(Oc3cccc(-c4[c-]cc5c(c4)sc4cnccc45)n3)n1)sc1cnccc12. The first kappa shape index (κ1) is 25.0. The van der Waals surface area contributed by atoms with E-state index >= 15 is 0 Å². The zero-order valence-electron chi connectivity index (χ0n) is 20.6. The van der Waals surface area contributed by atoms with Crippen LogP contribution in [0, 0.1) is 12.1 Å². The van der Waals surface area contributed by atoms with Crippen LogP contribution < -0.4 is 4.74 Å². The van der Waals surface area contributed by atoms with Crippen LogP contribution in [0.1, 0.15) is 0 Å². The molecule has 0 radical (unpaired) electrons. The Labute approximate surface area is 251 Å². The maximum Gasteiger partial charge on any atom is 2.00 e. The molecule has 0 spiro atoms. The fraction of sp³-hybridized carbons (Fsp3) is 0. The van der Waals surface area contributed by atoms with Crippen molar-refractivity contribution in [1.29, 1.82) is 0 Å². The molecule has 0 atom stereocenters. The van der Waals surface area contributed by atoms with Crippen LogP contribution in [0.15, 0.2) is 97.6 Å². The summed E-state index contributed by atoms with van der Waals surface area (Å²) in [4.78, 5) is 18.0. The van der Waals surface area contributed by atoms with E-state index in [0.717, 1.165) is 31.9 Å². The first-order valence-electron chi connectivity index (χ1n) is 12.3. The molecule has 2 aromatic carbocycles. The Morgan fingerprint density at radius 2 is 1.07 bits per heavy atom. The van der Waals surface area contributed by atoms with Gasteiger partial charge in [-0.3, -0.25) is 19.9 Å². The summed E-state index contributed by atoms with van der Waals surface area (Å²) in [6, 6.07) is 30.7. The minimum Gasteiger partial charge on any atom is -0.422 e. The zero-order chi connectivity index (χ0) is 25.8. The van der Waals surface area contributed by atoms with E-state index in [-0.39, 0.29) is 21.1 Å². The van der Waals surface area contributed by atoms with Crippen LogP contribution in [-0.2, 0) is 21.1 Å². The monoisotopic (exact) mass is 731 g/mol. The topological polar surface area (TPSA) is 60.8 Å². The number of pyridine rings is 4. The van der Waals surface area contributed by atoms with Gasteiger partial charge < -0.3 is 4.74 Å². The van der Waals surface area contributed by atoms with Gasteiger partial charge in [0, 0.05) is 34.2 Å². The smallest absolute Gasteiger partial charge is 0.422 e. The quantitative estimate of drug-likeness (QED) is 0.170. The fourth-order valence-electron chi connectivity index (χ4n) is 4.78. The van der Waals surface area contributed by atoms with Gasteiger partial charge in [-0.1, -0.05) is 35.0 Å². The molecule has 8 heteroatoms. The molecule has 0 aliphatic carbocycles. The van der Waals surface area contributed by atoms with Gasteiger partial charge in [0.25, 0.3) is 0 Å². The number of ether oxygens (including phenoxy) is 1. The Hall–Kier alpha value is -4.03. The van der Waals surface area contributed by atoms with Crippen LogP contribution in [0.2, 0.25) is 0 Å². The second-order valence-corrected chi connectivity index (χ2v) is 11.2. The Balaban J connectivity index is 0.00000264. The molecular weight excluding hydrogens is 716 g/mol. The summed E-state index contributed by atoms with van der Waals surface area (Å²) in [7, 11) is 0. The second kappa shape index (κ2) is 10.2. The third-order valence-corrected chi connectivity index (χ3v) is 8.83. The predicted molar refractivity (Wildman–Crippen MR) is 158 cm³/mol. The van der Waals surface area contributed by atoms with Crippen LogP contribution in [0.3, 0.4) is 0 Å². The number of fused-ring (bicyclic) bond motifs is 6. The molecule has 6 aromatic heterocycles. The van der Waals surface area contributed by atoms with Gasteiger partial charge in [0.1, 0.15) is 0 Å². The number of nitrogens with zero attached hydrogens (tertiary/aromatic N) is 4. The zero-order valence-corrected chi connectivity index (χ0v) is 24.5. The van der Waals surface area contributed by atoms with Crippen LogP contribution in [0.25, 0.3) is 62.9 Å². The van der Waals surface area contributed by atoms with Gasteiger partial charge in [0.2, 0.25) is 11.8 Å². The van der Waals surface area contributed by atoms with Crippen molar-refractivity contribution < 1.29 is 25.8 Å². The Morgan fingerprint density at radius 3 is 1.57 bits per heavy atom. The van der Waals surface area contributed by atoms with Crippen LogP contribution in [0.5, 0.6) is 11.8 Å². The van der Waals surface area contributed by atoms with E-state index < -0.39 is 0 Å². The molecular formula is C32H16N4OPtS2. The van der Waals surface area contributed by atoms with E-state index in [4.69, 9.17) is 14.7 Å². The second-order valence-electron chi connectivity index (χ2n) is 9.02. The van der Waals surface area contributed by atoms with Crippen LogP contribution >= 0.6 is 22.7 Å². The molecule has 6 heterocycles. The number of aromatic nitrogens is 4. The van der Waals surface area contributed by atoms with Crippen molar-refractivity contribution >= 4 is 63.0 Å². The van der Waals surface area contributed by atoms with Crippen LogP contribution in [0.4, 0.5) is 0 Å². The molecule has 0 fully saturated rings. The Morgan fingerprint density at radius 1 is 0.575 bits per heavy atom. The van der Waals surface area contributed by atoms with Crippen molar-refractivity contribution in [3.05, 3.63) is 110 Å². The standard InChI is InChI=1S/C32H16N4OS2.Pt/c1-3-25(19-7-9-21-23-11-13-33-17-29(23)38-27(21)15-19)35-31(5-1)37-32-6-2-4-26(36-32)20-8-10-22-24-12-14-34-18-30(24)39-28(22)16-20;/h1-6,9-18H;/q-2;+2. The number of thiophene rings is 2. The molecule has 8 aromatic rings. The number of hydrogen-bond acceptors (Lipinski definition) is 7. The van der Waals surface area contributed by atoms with Gasteiger partial charge in [-0.2, -0.15) is 22.7 Å². The van der Waals surface area contributed by atoms with E-state index in [1.807, 2.05) is 85.5 Å². The van der Waals surface area contributed by atoms with Crippen LogP contribution in [-0.4, -0.2) is 19.9 Å². The summed E-state index contributed by atoms with van der Waals surface area (Å²) in [6.45, 7) is 0. The van der Waals surface area contributed by atoms with Crippen molar-refractivity contribution in [2.75, 3.05) is 0 Å². The summed E-state index contributed by atoms with van der Waals surface area (Å²) in [6.07, 6.45) is 7.46. The molecule has 0 aliphatic heterocycles. The molecule has 0 unspecified atom stereocenters. The molecule has 0 bridgehead atoms. The first-order chi connectivity index (χ1) is 19.3. The van der Waals surface area contributed by atoms with E-state index in [1.54, 1.807) is 22.7 Å². The van der Waals surface area contributed by atoms with Crippen molar-refractivity contribution in [2.45, 2.75) is 0 Å². The number of benzene rings is 2. The maximum absolute atomic E-state index is 6.11. The predicted octanol–water partition coefficient (Wildman–Crippen LogP) is 8.73. The molecule has 0 saturated heterocycles. The summed E-state index contributed by atoms with van der Waals surface area (Å²) >= 11 is 3.44. The molecule has 5 nitrogen and oxygen atoms in total. The molecule has 40 heavy (non-hydrogen) atoms.